The molecule has 0 heterocycles. The largest absolute Gasteiger partial charge is 0.508 e. The number of phenols is 1. The zero-order chi connectivity index (χ0) is 17.0. The molecule has 7 nitrogen and oxygen atoms in total. The van der Waals surface area contributed by atoms with Gasteiger partial charge in [-0.25, -0.2) is 0 Å². The van der Waals surface area contributed by atoms with Gasteiger partial charge in [-0.1, -0.05) is 12.1 Å². The number of amides is 1. The van der Waals surface area contributed by atoms with E-state index in [2.05, 4.69) is 5.32 Å². The number of nitro benzene ring substituents is 1. The first-order chi connectivity index (χ1) is 10.9. The summed E-state index contributed by atoms with van der Waals surface area (Å²) >= 11 is 0. The Kier molecular flexibility index (Phi) is 4.80. The van der Waals surface area contributed by atoms with Crippen LogP contribution in [0.1, 0.15) is 24.1 Å². The number of non-ortho nitro benzene ring substituents is 1. The molecule has 120 valence electrons. The van der Waals surface area contributed by atoms with Crippen LogP contribution < -0.4 is 10.1 Å². The number of hydrogen-bond donors (Lipinski definition) is 2. The average Bonchev–Trinajstić information content (AvgIpc) is 2.53. The lowest BCUT2D eigenvalue weighted by Gasteiger charge is -2.20. The summed E-state index contributed by atoms with van der Waals surface area (Å²) in [4.78, 5) is 22.0. The minimum Gasteiger partial charge on any atom is -0.508 e. The third-order valence-electron chi connectivity index (χ3n) is 3.31. The first-order valence-corrected chi connectivity index (χ1v) is 6.80. The molecule has 0 aliphatic carbocycles. The van der Waals surface area contributed by atoms with Gasteiger partial charge in [-0.15, -0.1) is 0 Å². The highest BCUT2D eigenvalue weighted by molar-refractivity contribution is 5.74. The molecule has 0 bridgehead atoms. The van der Waals surface area contributed by atoms with Crippen molar-refractivity contribution in [2.45, 2.75) is 13.0 Å². The third kappa shape index (κ3) is 3.76. The number of carbonyl (C=O) groups is 1. The number of aromatic hydroxyl groups is 1. The summed E-state index contributed by atoms with van der Waals surface area (Å²) in [7, 11) is 1.48. The van der Waals surface area contributed by atoms with Crippen LogP contribution in [-0.2, 0) is 4.79 Å². The summed E-state index contributed by atoms with van der Waals surface area (Å²) in [5.74, 6) is 0.123. The number of benzene rings is 2. The summed E-state index contributed by atoms with van der Waals surface area (Å²) in [6, 6.07) is 9.76. The van der Waals surface area contributed by atoms with Crippen LogP contribution in [0.25, 0.3) is 0 Å². The lowest BCUT2D eigenvalue weighted by molar-refractivity contribution is -0.384. The van der Waals surface area contributed by atoms with Gasteiger partial charge >= 0.3 is 0 Å². The topological polar surface area (TPSA) is 102 Å². The van der Waals surface area contributed by atoms with Gasteiger partial charge in [-0.2, -0.15) is 0 Å². The van der Waals surface area contributed by atoms with Crippen LogP contribution in [0.3, 0.4) is 0 Å². The molecular weight excluding hydrogens is 300 g/mol. The molecule has 2 aromatic carbocycles. The molecule has 2 aromatic rings. The molecule has 1 atom stereocenters. The molecule has 0 saturated heterocycles. The molecule has 0 aliphatic rings. The summed E-state index contributed by atoms with van der Waals surface area (Å²) in [5.41, 5.74) is 0.776. The number of methoxy groups -OCH3 is 1. The van der Waals surface area contributed by atoms with E-state index in [0.717, 1.165) is 0 Å². The van der Waals surface area contributed by atoms with E-state index in [0.29, 0.717) is 16.9 Å². The van der Waals surface area contributed by atoms with Crippen LogP contribution in [-0.4, -0.2) is 23.0 Å². The van der Waals surface area contributed by atoms with Crippen molar-refractivity contribution < 1.29 is 19.6 Å². The average molecular weight is 316 g/mol. The summed E-state index contributed by atoms with van der Waals surface area (Å²) < 4.78 is 5.13. The number of nitrogens with one attached hydrogen (secondary N) is 1. The fourth-order valence-electron chi connectivity index (χ4n) is 2.25. The number of nitro groups is 1. The lowest BCUT2D eigenvalue weighted by atomic mass is 9.97. The predicted molar refractivity (Wildman–Crippen MR) is 83.4 cm³/mol. The zero-order valence-electron chi connectivity index (χ0n) is 12.6. The Balaban J connectivity index is 2.55. The molecule has 0 radical (unpaired) electrons. The molecule has 0 saturated carbocycles. The molecule has 1 unspecified atom stereocenters. The minimum absolute atomic E-state index is 0.0453. The van der Waals surface area contributed by atoms with Crippen LogP contribution >= 0.6 is 0 Å². The Morgan fingerprint density at radius 3 is 2.65 bits per heavy atom. The van der Waals surface area contributed by atoms with E-state index in [1.165, 1.54) is 38.3 Å². The Hall–Kier alpha value is -3.09. The van der Waals surface area contributed by atoms with Gasteiger partial charge in [0.25, 0.3) is 5.69 Å². The highest BCUT2D eigenvalue weighted by atomic mass is 16.6. The molecule has 0 aliphatic heterocycles. The van der Waals surface area contributed by atoms with Crippen molar-refractivity contribution in [2.24, 2.45) is 0 Å². The summed E-state index contributed by atoms with van der Waals surface area (Å²) in [6.07, 6.45) is 0. The minimum atomic E-state index is -0.734. The van der Waals surface area contributed by atoms with Gasteiger partial charge in [0, 0.05) is 24.6 Å². The molecule has 0 fully saturated rings. The van der Waals surface area contributed by atoms with Gasteiger partial charge in [0.05, 0.1) is 18.1 Å². The van der Waals surface area contributed by atoms with Crippen LogP contribution in [0.5, 0.6) is 11.5 Å². The van der Waals surface area contributed by atoms with Crippen molar-refractivity contribution >= 4 is 11.6 Å². The van der Waals surface area contributed by atoms with Crippen molar-refractivity contribution in [3.63, 3.8) is 0 Å². The molecule has 23 heavy (non-hydrogen) atoms. The Bertz CT molecular complexity index is 745. The maximum Gasteiger partial charge on any atom is 0.269 e. The van der Waals surface area contributed by atoms with Gasteiger partial charge in [-0.3, -0.25) is 14.9 Å². The predicted octanol–water partition coefficient (Wildman–Crippen LogP) is 2.53. The van der Waals surface area contributed by atoms with E-state index in [4.69, 9.17) is 4.74 Å². The van der Waals surface area contributed by atoms with Gasteiger partial charge in [-0.05, 0) is 23.8 Å². The molecule has 2 N–H and O–H groups in total. The molecule has 7 heteroatoms. The van der Waals surface area contributed by atoms with Gasteiger partial charge in [0.1, 0.15) is 11.5 Å². The molecule has 1 amide bonds. The van der Waals surface area contributed by atoms with Crippen LogP contribution in [0.4, 0.5) is 5.69 Å². The monoisotopic (exact) mass is 316 g/mol. The van der Waals surface area contributed by atoms with E-state index in [9.17, 15) is 20.0 Å². The quantitative estimate of drug-likeness (QED) is 0.652. The maximum absolute atomic E-state index is 11.5. The highest BCUT2D eigenvalue weighted by Crippen LogP contribution is 2.33. The number of carbonyl (C=O) groups excluding carboxylic acids is 1. The van der Waals surface area contributed by atoms with Gasteiger partial charge in [0.15, 0.2) is 0 Å². The van der Waals surface area contributed by atoms with E-state index in [1.807, 2.05) is 0 Å². The second-order valence-corrected chi connectivity index (χ2v) is 4.91. The number of phenolic OH excluding ortho intramolecular Hbond substituents is 1. The van der Waals surface area contributed by atoms with Crippen molar-refractivity contribution in [3.8, 4) is 11.5 Å². The molecular formula is C16H16N2O5. The summed E-state index contributed by atoms with van der Waals surface area (Å²) in [5, 5.41) is 23.8. The standard InChI is InChI=1S/C16H16N2O5/c1-10(19)17-16(11-4-3-5-12(8-11)18(21)22)14-9-13(23-2)6-7-15(14)20/h3-9,16,20H,1-2H3,(H,17,19). The molecule has 2 rings (SSSR count). The normalized spacial score (nSPS) is 11.6. The SMILES string of the molecule is COc1ccc(O)c(C(NC(C)=O)c2cccc([N+](=O)[O-])c2)c1. The molecule has 0 aromatic heterocycles. The first kappa shape index (κ1) is 16.3. The van der Waals surface area contributed by atoms with Crippen LogP contribution in [0, 0.1) is 10.1 Å². The van der Waals surface area contributed by atoms with Crippen molar-refractivity contribution in [1.29, 1.82) is 0 Å². The van der Waals surface area contributed by atoms with Crippen molar-refractivity contribution in [2.75, 3.05) is 7.11 Å². The molecule has 0 spiro atoms. The second kappa shape index (κ2) is 6.78. The zero-order valence-corrected chi connectivity index (χ0v) is 12.6. The third-order valence-corrected chi connectivity index (χ3v) is 3.31. The van der Waals surface area contributed by atoms with E-state index in [-0.39, 0.29) is 17.3 Å². The summed E-state index contributed by atoms with van der Waals surface area (Å²) in [6.45, 7) is 1.33. The lowest BCUT2D eigenvalue weighted by Crippen LogP contribution is -2.27. The van der Waals surface area contributed by atoms with Crippen molar-refractivity contribution in [1.82, 2.24) is 5.32 Å². The fourth-order valence-corrected chi connectivity index (χ4v) is 2.25. The Morgan fingerprint density at radius 1 is 1.30 bits per heavy atom. The number of ether oxygens (including phenoxy) is 1. The highest BCUT2D eigenvalue weighted by Gasteiger charge is 2.21. The number of hydrogen-bond acceptors (Lipinski definition) is 5. The second-order valence-electron chi connectivity index (χ2n) is 4.91. The van der Waals surface area contributed by atoms with Crippen LogP contribution in [0.2, 0.25) is 0 Å². The van der Waals surface area contributed by atoms with E-state index in [1.54, 1.807) is 18.2 Å². The Morgan fingerprint density at radius 2 is 2.04 bits per heavy atom. The Labute approximate surface area is 132 Å². The van der Waals surface area contributed by atoms with Gasteiger partial charge < -0.3 is 15.2 Å². The fraction of sp³-hybridized carbons (Fsp3) is 0.188. The van der Waals surface area contributed by atoms with E-state index < -0.39 is 11.0 Å². The van der Waals surface area contributed by atoms with Gasteiger partial charge in [0.2, 0.25) is 5.91 Å². The maximum atomic E-state index is 11.5. The number of nitrogens with zero attached hydrogens (tertiary/aromatic N) is 1. The smallest absolute Gasteiger partial charge is 0.269 e. The van der Waals surface area contributed by atoms with E-state index >= 15 is 0 Å². The van der Waals surface area contributed by atoms with Crippen molar-refractivity contribution in [3.05, 3.63) is 63.7 Å². The first-order valence-electron chi connectivity index (χ1n) is 6.80. The number of rotatable bonds is 5. The van der Waals surface area contributed by atoms with Crippen LogP contribution in [0.15, 0.2) is 42.5 Å².